The fourth-order valence-corrected chi connectivity index (χ4v) is 7.39. The van der Waals surface area contributed by atoms with Gasteiger partial charge in [-0.1, -0.05) is 13.8 Å². The molecular formula is C36H50N6O5. The second kappa shape index (κ2) is 13.9. The first-order chi connectivity index (χ1) is 22.6. The molecule has 254 valence electrons. The number of carbonyl (C=O) groups excluding carboxylic acids is 2. The Balaban J connectivity index is 1.46. The van der Waals surface area contributed by atoms with Crippen LogP contribution >= 0.6 is 0 Å². The van der Waals surface area contributed by atoms with Crippen molar-refractivity contribution < 1.29 is 23.8 Å². The Morgan fingerprint density at radius 3 is 2.83 bits per heavy atom. The minimum Gasteiger partial charge on any atom is -0.465 e. The average Bonchev–Trinajstić information content (AvgIpc) is 3.38. The van der Waals surface area contributed by atoms with Crippen LogP contribution in [-0.2, 0) is 36.8 Å². The molecule has 5 heterocycles. The molecule has 3 aromatic rings. The quantitative estimate of drug-likeness (QED) is 0.398. The van der Waals surface area contributed by atoms with E-state index in [-0.39, 0.29) is 48.6 Å². The largest absolute Gasteiger partial charge is 0.465 e. The van der Waals surface area contributed by atoms with Crippen LogP contribution in [0.4, 0.5) is 5.69 Å². The van der Waals surface area contributed by atoms with Crippen molar-refractivity contribution in [3.05, 3.63) is 47.8 Å². The Morgan fingerprint density at radius 2 is 2.04 bits per heavy atom. The Hall–Kier alpha value is -3.51. The highest BCUT2D eigenvalue weighted by Crippen LogP contribution is 2.42. The maximum atomic E-state index is 13.4. The van der Waals surface area contributed by atoms with Gasteiger partial charge in [0, 0.05) is 73.1 Å². The number of rotatable bonds is 4. The molecule has 0 radical (unpaired) electrons. The Morgan fingerprint density at radius 1 is 1.21 bits per heavy atom. The molecule has 0 aliphatic carbocycles. The van der Waals surface area contributed by atoms with Crippen molar-refractivity contribution in [2.45, 2.75) is 90.6 Å². The number of hydrogen-bond acceptors (Lipinski definition) is 9. The third kappa shape index (κ3) is 7.04. The van der Waals surface area contributed by atoms with Gasteiger partial charge in [-0.05, 0) is 75.4 Å². The van der Waals surface area contributed by atoms with Gasteiger partial charge in [0.25, 0.3) is 5.91 Å². The van der Waals surface area contributed by atoms with Crippen LogP contribution in [0.15, 0.2) is 36.5 Å². The van der Waals surface area contributed by atoms with Crippen LogP contribution in [0.2, 0.25) is 0 Å². The maximum Gasteiger partial charge on any atom is 0.307 e. The maximum absolute atomic E-state index is 13.4. The van der Waals surface area contributed by atoms with Gasteiger partial charge in [0.05, 0.1) is 49.3 Å². The molecule has 2 aromatic heterocycles. The molecule has 11 heteroatoms. The number of cyclic esters (lactones) is 1. The van der Waals surface area contributed by atoms with Gasteiger partial charge in [-0.2, -0.15) is 0 Å². The number of fused-ring (bicyclic) bond motifs is 6. The van der Waals surface area contributed by atoms with Crippen molar-refractivity contribution in [2.75, 3.05) is 44.9 Å². The van der Waals surface area contributed by atoms with Crippen molar-refractivity contribution in [1.29, 1.82) is 0 Å². The Bertz CT molecular complexity index is 1600. The zero-order valence-electron chi connectivity index (χ0n) is 28.5. The van der Waals surface area contributed by atoms with E-state index in [2.05, 4.69) is 59.9 Å². The summed E-state index contributed by atoms with van der Waals surface area (Å²) in [6.45, 7) is 12.1. The molecule has 2 fully saturated rings. The first-order valence-electron chi connectivity index (χ1n) is 17.1. The van der Waals surface area contributed by atoms with E-state index in [1.54, 1.807) is 12.1 Å². The lowest BCUT2D eigenvalue weighted by Gasteiger charge is -2.37. The molecule has 11 nitrogen and oxygen atoms in total. The van der Waals surface area contributed by atoms with Gasteiger partial charge < -0.3 is 29.4 Å². The molecule has 3 aliphatic rings. The lowest BCUT2D eigenvalue weighted by atomic mass is 9.84. The molecule has 0 saturated carbocycles. The summed E-state index contributed by atoms with van der Waals surface area (Å²) >= 11 is 0. The van der Waals surface area contributed by atoms with E-state index < -0.39 is 6.04 Å². The zero-order chi connectivity index (χ0) is 33.3. The number of pyridine rings is 1. The van der Waals surface area contributed by atoms with Crippen LogP contribution in [-0.4, -0.2) is 84.6 Å². The summed E-state index contributed by atoms with van der Waals surface area (Å²) in [5, 5.41) is 2.76. The molecule has 1 amide bonds. The van der Waals surface area contributed by atoms with Gasteiger partial charge >= 0.3 is 5.97 Å². The zero-order valence-corrected chi connectivity index (χ0v) is 28.5. The number of carbonyl (C=O) groups is 2. The minimum atomic E-state index is -0.709. The van der Waals surface area contributed by atoms with Gasteiger partial charge in [0.2, 0.25) is 0 Å². The predicted molar refractivity (Wildman–Crippen MR) is 182 cm³/mol. The van der Waals surface area contributed by atoms with Crippen LogP contribution in [0.1, 0.15) is 70.7 Å². The molecule has 0 spiro atoms. The molecule has 3 aliphatic heterocycles. The fourth-order valence-electron chi connectivity index (χ4n) is 7.39. The summed E-state index contributed by atoms with van der Waals surface area (Å²) in [5.74, 6) is -0.441. The number of esters is 1. The second-order valence-electron chi connectivity index (χ2n) is 14.0. The van der Waals surface area contributed by atoms with E-state index in [1.165, 1.54) is 5.56 Å². The molecule has 6 bridgehead atoms. The van der Waals surface area contributed by atoms with Crippen molar-refractivity contribution >= 4 is 28.5 Å². The van der Waals surface area contributed by atoms with Crippen molar-refractivity contribution in [3.63, 3.8) is 0 Å². The number of amides is 1. The number of hydrazine groups is 1. The molecular weight excluding hydrogens is 596 g/mol. The van der Waals surface area contributed by atoms with E-state index in [0.29, 0.717) is 32.5 Å². The first-order valence-corrected chi connectivity index (χ1v) is 17.1. The summed E-state index contributed by atoms with van der Waals surface area (Å²) in [5.41, 5.74) is 15.9. The predicted octanol–water partition coefficient (Wildman–Crippen LogP) is 4.36. The summed E-state index contributed by atoms with van der Waals surface area (Å²) in [6.07, 6.45) is 4.31. The van der Waals surface area contributed by atoms with Crippen molar-refractivity contribution in [3.8, 4) is 11.3 Å². The van der Waals surface area contributed by atoms with Crippen molar-refractivity contribution in [1.82, 2.24) is 20.0 Å². The van der Waals surface area contributed by atoms with E-state index in [9.17, 15) is 9.59 Å². The fraction of sp³-hybridized carbons (Fsp3) is 0.583. The number of hydrogen-bond donors (Lipinski definition) is 2. The molecule has 0 unspecified atom stereocenters. The molecule has 4 atom stereocenters. The highest BCUT2D eigenvalue weighted by molar-refractivity contribution is 5.94. The van der Waals surface area contributed by atoms with Crippen molar-refractivity contribution in [2.24, 2.45) is 11.1 Å². The van der Waals surface area contributed by atoms with Gasteiger partial charge in [-0.25, -0.2) is 5.43 Å². The number of anilines is 1. The lowest BCUT2D eigenvalue weighted by Crippen LogP contribution is -2.58. The Labute approximate surface area is 277 Å². The van der Waals surface area contributed by atoms with Crippen LogP contribution in [0, 0.1) is 5.41 Å². The molecule has 2 saturated heterocycles. The van der Waals surface area contributed by atoms with E-state index in [1.807, 2.05) is 19.2 Å². The number of nitrogens with one attached hydrogen (secondary N) is 1. The number of nitrogens with zero attached hydrogens (tertiary/aromatic N) is 4. The number of benzene rings is 1. The van der Waals surface area contributed by atoms with Gasteiger partial charge in [-0.3, -0.25) is 19.6 Å². The van der Waals surface area contributed by atoms with Gasteiger partial charge in [0.15, 0.2) is 0 Å². The summed E-state index contributed by atoms with van der Waals surface area (Å²) in [7, 11) is 1.71. The topological polar surface area (TPSA) is 124 Å². The average molecular weight is 647 g/mol. The molecule has 6 rings (SSSR count). The Kier molecular flexibility index (Phi) is 9.89. The smallest absolute Gasteiger partial charge is 0.307 e. The van der Waals surface area contributed by atoms with E-state index >= 15 is 0 Å². The van der Waals surface area contributed by atoms with Crippen LogP contribution in [0.5, 0.6) is 0 Å². The minimum absolute atomic E-state index is 0.167. The summed E-state index contributed by atoms with van der Waals surface area (Å²) in [6, 6.07) is 9.91. The molecule has 47 heavy (non-hydrogen) atoms. The third-order valence-corrected chi connectivity index (χ3v) is 9.87. The number of aromatic nitrogens is 2. The molecule has 3 N–H and O–H groups in total. The lowest BCUT2D eigenvalue weighted by molar-refractivity contribution is -0.150. The summed E-state index contributed by atoms with van der Waals surface area (Å²) in [4.78, 5) is 33.7. The van der Waals surface area contributed by atoms with E-state index in [4.69, 9.17) is 24.9 Å². The standard InChI is InChI=1S/C36H50N6O5/c1-6-41-31-12-11-25-18-28(31)29(34(41)27-10-7-13-38-33(27)23(2)45-5)20-36(3,4)22-47-32(43)17-24-9-8-14-42(39-24)35(44)30(37)19-26-21-40(25)15-16-46-26/h7,10-13,18,23-24,26,30,39H,6,8-9,14-17,19-22,37H2,1-5H3/t23-,24-,26-,30-/m0/s1. The second-order valence-corrected chi connectivity index (χ2v) is 14.0. The monoisotopic (exact) mass is 646 g/mol. The highest BCUT2D eigenvalue weighted by atomic mass is 16.5. The number of aryl methyl sites for hydroxylation is 1. The number of nitrogens with two attached hydrogens (primary N) is 1. The van der Waals surface area contributed by atoms with Crippen LogP contribution in [0.25, 0.3) is 22.2 Å². The van der Waals surface area contributed by atoms with Crippen LogP contribution in [0.3, 0.4) is 0 Å². The normalized spacial score (nSPS) is 24.9. The van der Waals surface area contributed by atoms with E-state index in [0.717, 1.165) is 59.5 Å². The van der Waals surface area contributed by atoms with Gasteiger partial charge in [-0.15, -0.1) is 0 Å². The summed E-state index contributed by atoms with van der Waals surface area (Å²) < 4.78 is 20.2. The number of methoxy groups -OCH3 is 1. The first kappa shape index (κ1) is 33.4. The number of ether oxygens (including phenoxy) is 3. The molecule has 1 aromatic carbocycles. The third-order valence-electron chi connectivity index (χ3n) is 9.87. The SMILES string of the molecule is CCn1c(-c2cccnc2[C@H](C)OC)c2c3cc(ccc31)N1CCO[C@@H](C[C@H](N)C(=O)N3CCC[C@@H](CC(=O)OCC(C)(C)C2)N3)C1. The van der Waals surface area contributed by atoms with Gasteiger partial charge in [0.1, 0.15) is 0 Å². The van der Waals surface area contributed by atoms with Crippen LogP contribution < -0.4 is 16.1 Å². The number of morpholine rings is 1. The highest BCUT2D eigenvalue weighted by Gasteiger charge is 2.33.